The lowest BCUT2D eigenvalue weighted by Crippen LogP contribution is -2.51. The molecule has 0 radical (unpaired) electrons. The van der Waals surface area contributed by atoms with E-state index in [-0.39, 0.29) is 42.7 Å². The maximum Gasteiger partial charge on any atom is 0.272 e. The van der Waals surface area contributed by atoms with Crippen molar-refractivity contribution in [2.24, 2.45) is 5.41 Å². The fraction of sp³-hybridized carbons (Fsp3) is 0.409. The highest BCUT2D eigenvalue weighted by Gasteiger charge is 2.61. The van der Waals surface area contributed by atoms with E-state index in [0.717, 1.165) is 24.6 Å². The molecule has 1 aromatic heterocycles. The molecule has 0 spiro atoms. The van der Waals surface area contributed by atoms with Gasteiger partial charge < -0.3 is 15.3 Å². The summed E-state index contributed by atoms with van der Waals surface area (Å²) in [6.07, 6.45) is 3.69. The van der Waals surface area contributed by atoms with Crippen LogP contribution < -0.4 is 5.32 Å². The number of hydrogen-bond acceptors (Lipinski definition) is 4. The van der Waals surface area contributed by atoms with Gasteiger partial charge in [0, 0.05) is 18.6 Å². The fourth-order valence-corrected chi connectivity index (χ4v) is 4.94. The van der Waals surface area contributed by atoms with Crippen LogP contribution in [-0.4, -0.2) is 52.0 Å². The van der Waals surface area contributed by atoms with Gasteiger partial charge in [0.15, 0.2) is 0 Å². The van der Waals surface area contributed by atoms with Gasteiger partial charge in [0.05, 0.1) is 18.2 Å². The second-order valence-electron chi connectivity index (χ2n) is 7.82. The average molecular weight is 397 g/mol. The van der Waals surface area contributed by atoms with Crippen LogP contribution in [0.15, 0.2) is 48.7 Å². The molecule has 2 amide bonds. The summed E-state index contributed by atoms with van der Waals surface area (Å²) in [5, 5.41) is 12.0. The van der Waals surface area contributed by atoms with Crippen LogP contribution in [0.3, 0.4) is 0 Å². The van der Waals surface area contributed by atoms with Gasteiger partial charge in [0.1, 0.15) is 11.5 Å². The normalized spacial score (nSPS) is 25.2. The molecule has 2 N–H and O–H groups in total. The number of pyridine rings is 1. The minimum atomic E-state index is -0.755. The second kappa shape index (κ2) is 7.91. The molecule has 0 saturated carbocycles. The number of carbonyl (C=O) groups is 2. The number of nitrogens with one attached hydrogen (secondary N) is 1. The van der Waals surface area contributed by atoms with Crippen molar-refractivity contribution in [3.05, 3.63) is 65.7 Å². The number of aromatic nitrogens is 1. The van der Waals surface area contributed by atoms with E-state index < -0.39 is 11.2 Å². The molecule has 2 fully saturated rings. The average Bonchev–Trinajstić information content (AvgIpc) is 3.29. The summed E-state index contributed by atoms with van der Waals surface area (Å²) in [6, 6.07) is 12.1. The van der Waals surface area contributed by atoms with Gasteiger partial charge in [0.25, 0.3) is 5.91 Å². The van der Waals surface area contributed by atoms with Crippen LogP contribution >= 0.6 is 0 Å². The van der Waals surface area contributed by atoms with Crippen LogP contribution in [0.5, 0.6) is 0 Å². The van der Waals surface area contributed by atoms with Crippen molar-refractivity contribution in [1.82, 2.24) is 15.2 Å². The van der Waals surface area contributed by atoms with Gasteiger partial charge in [-0.25, -0.2) is 9.37 Å². The van der Waals surface area contributed by atoms with Gasteiger partial charge in [-0.2, -0.15) is 0 Å². The lowest BCUT2D eigenvalue weighted by molar-refractivity contribution is -0.132. The Balaban J connectivity index is 1.66. The Hall–Kier alpha value is -2.80. The van der Waals surface area contributed by atoms with Gasteiger partial charge >= 0.3 is 0 Å². The summed E-state index contributed by atoms with van der Waals surface area (Å²) in [7, 11) is 0. The number of amides is 2. The molecule has 6 nitrogen and oxygen atoms in total. The monoisotopic (exact) mass is 397 g/mol. The van der Waals surface area contributed by atoms with Crippen molar-refractivity contribution in [3.63, 3.8) is 0 Å². The van der Waals surface area contributed by atoms with Crippen LogP contribution in [0.4, 0.5) is 4.39 Å². The molecular weight excluding hydrogens is 373 g/mol. The first-order valence-corrected chi connectivity index (χ1v) is 9.92. The molecule has 2 aliphatic rings. The Morgan fingerprint density at radius 1 is 1.21 bits per heavy atom. The molecule has 2 aliphatic heterocycles. The molecule has 2 bridgehead atoms. The number of aliphatic hydroxyl groups is 1. The number of rotatable bonds is 6. The standard InChI is InChI=1S/C22H24FN3O3/c23-16-6-8-18(25-14-16)20(28)26-17-7-9-19(26)22(13-17,21(29)24-10-11-27)12-15-4-2-1-3-5-15/h1-6,8,14,17,19,27H,7,9-13H2,(H,24,29)/t17-,19+,22+/m1/s1. The zero-order valence-corrected chi connectivity index (χ0v) is 16.1. The second-order valence-corrected chi connectivity index (χ2v) is 7.82. The Morgan fingerprint density at radius 2 is 2.00 bits per heavy atom. The van der Waals surface area contributed by atoms with E-state index in [0.29, 0.717) is 12.8 Å². The Morgan fingerprint density at radius 3 is 2.69 bits per heavy atom. The first-order valence-electron chi connectivity index (χ1n) is 9.92. The van der Waals surface area contributed by atoms with Crippen LogP contribution in [0.25, 0.3) is 0 Å². The highest BCUT2D eigenvalue weighted by atomic mass is 19.1. The maximum absolute atomic E-state index is 13.2. The molecule has 29 heavy (non-hydrogen) atoms. The molecule has 3 atom stereocenters. The summed E-state index contributed by atoms with van der Waals surface area (Å²) in [4.78, 5) is 32.1. The predicted molar refractivity (Wildman–Crippen MR) is 104 cm³/mol. The van der Waals surface area contributed by atoms with Crippen molar-refractivity contribution in [2.45, 2.75) is 37.8 Å². The van der Waals surface area contributed by atoms with Crippen molar-refractivity contribution < 1.29 is 19.1 Å². The van der Waals surface area contributed by atoms with E-state index in [9.17, 15) is 14.0 Å². The Kier molecular flexibility index (Phi) is 5.32. The molecule has 4 rings (SSSR count). The molecule has 2 aromatic rings. The third-order valence-corrected chi connectivity index (χ3v) is 6.13. The van der Waals surface area contributed by atoms with Gasteiger partial charge in [-0.15, -0.1) is 0 Å². The number of aliphatic hydroxyl groups excluding tert-OH is 1. The van der Waals surface area contributed by atoms with Crippen molar-refractivity contribution in [2.75, 3.05) is 13.2 Å². The van der Waals surface area contributed by atoms with E-state index in [4.69, 9.17) is 5.11 Å². The van der Waals surface area contributed by atoms with E-state index in [2.05, 4.69) is 10.3 Å². The number of nitrogens with zero attached hydrogens (tertiary/aromatic N) is 2. The van der Waals surface area contributed by atoms with E-state index in [1.54, 1.807) is 4.90 Å². The lowest BCUT2D eigenvalue weighted by atomic mass is 9.69. The maximum atomic E-state index is 13.2. The third kappa shape index (κ3) is 3.51. The predicted octanol–water partition coefficient (Wildman–Crippen LogP) is 1.94. The van der Waals surface area contributed by atoms with Crippen molar-refractivity contribution in [1.29, 1.82) is 0 Å². The minimum absolute atomic E-state index is 0.0528. The summed E-state index contributed by atoms with van der Waals surface area (Å²) < 4.78 is 13.2. The molecule has 0 aliphatic carbocycles. The molecule has 3 heterocycles. The summed E-state index contributed by atoms with van der Waals surface area (Å²) in [6.45, 7) is 0.0453. The first-order chi connectivity index (χ1) is 14.0. The largest absolute Gasteiger partial charge is 0.395 e. The molecule has 2 saturated heterocycles. The molecule has 0 unspecified atom stereocenters. The topological polar surface area (TPSA) is 82.5 Å². The first kappa shape index (κ1) is 19.5. The lowest BCUT2D eigenvalue weighted by Gasteiger charge is -2.36. The number of carbonyl (C=O) groups excluding carboxylic acids is 2. The Bertz CT molecular complexity index is 890. The highest BCUT2D eigenvalue weighted by molar-refractivity contribution is 5.95. The number of hydrogen-bond donors (Lipinski definition) is 2. The van der Waals surface area contributed by atoms with Crippen LogP contribution in [0.1, 0.15) is 35.3 Å². The van der Waals surface area contributed by atoms with Gasteiger partial charge in [0.2, 0.25) is 5.91 Å². The zero-order valence-electron chi connectivity index (χ0n) is 16.1. The SMILES string of the molecule is O=C(c1ccc(F)cn1)N1[C@@H]2CC[C@H]1[C@@](Cc1ccccc1)(C(=O)NCCO)C2. The third-order valence-electron chi connectivity index (χ3n) is 6.13. The van der Waals surface area contributed by atoms with E-state index in [1.807, 2.05) is 30.3 Å². The minimum Gasteiger partial charge on any atom is -0.395 e. The quantitative estimate of drug-likeness (QED) is 0.780. The molecular formula is C22H24FN3O3. The van der Waals surface area contributed by atoms with Crippen molar-refractivity contribution >= 4 is 11.8 Å². The number of halogens is 1. The van der Waals surface area contributed by atoms with E-state index in [1.165, 1.54) is 12.1 Å². The van der Waals surface area contributed by atoms with Crippen molar-refractivity contribution in [3.8, 4) is 0 Å². The zero-order chi connectivity index (χ0) is 20.4. The smallest absolute Gasteiger partial charge is 0.272 e. The van der Waals surface area contributed by atoms with Gasteiger partial charge in [-0.1, -0.05) is 30.3 Å². The van der Waals surface area contributed by atoms with Crippen LogP contribution in [0, 0.1) is 11.2 Å². The van der Waals surface area contributed by atoms with Crippen LogP contribution in [-0.2, 0) is 11.2 Å². The summed E-state index contributed by atoms with van der Waals surface area (Å²) >= 11 is 0. The summed E-state index contributed by atoms with van der Waals surface area (Å²) in [5.74, 6) is -0.886. The van der Waals surface area contributed by atoms with Gasteiger partial charge in [-0.05, 0) is 43.4 Å². The molecule has 7 heteroatoms. The Labute approximate surface area is 168 Å². The number of fused-ring (bicyclic) bond motifs is 2. The molecule has 152 valence electrons. The number of benzene rings is 1. The fourth-order valence-electron chi connectivity index (χ4n) is 4.94. The highest BCUT2D eigenvalue weighted by Crippen LogP contribution is 2.52. The van der Waals surface area contributed by atoms with Crippen LogP contribution in [0.2, 0.25) is 0 Å². The summed E-state index contributed by atoms with van der Waals surface area (Å²) in [5.41, 5.74) is 0.468. The molecule has 1 aromatic carbocycles. The van der Waals surface area contributed by atoms with E-state index >= 15 is 0 Å². The van der Waals surface area contributed by atoms with Gasteiger partial charge in [-0.3, -0.25) is 9.59 Å².